The number of nitrogens with zero attached hydrogens (tertiary/aromatic N) is 1. The molecule has 0 saturated heterocycles. The van der Waals surface area contributed by atoms with E-state index >= 15 is 0 Å². The topological polar surface area (TPSA) is 101 Å². The van der Waals surface area contributed by atoms with E-state index in [0.29, 0.717) is 17.7 Å². The number of aromatic amines is 1. The van der Waals surface area contributed by atoms with Crippen molar-refractivity contribution in [3.8, 4) is 0 Å². The highest BCUT2D eigenvalue weighted by Gasteiger charge is 2.19. The number of H-pyrrole nitrogens is 1. The molecule has 0 bridgehead atoms. The lowest BCUT2D eigenvalue weighted by atomic mass is 10.1. The van der Waals surface area contributed by atoms with Gasteiger partial charge in [-0.25, -0.2) is 8.42 Å². The van der Waals surface area contributed by atoms with Gasteiger partial charge in [0.15, 0.2) is 5.82 Å². The van der Waals surface area contributed by atoms with Gasteiger partial charge in [-0.1, -0.05) is 13.0 Å². The molecule has 0 radical (unpaired) electrons. The van der Waals surface area contributed by atoms with E-state index in [1.54, 1.807) is 25.1 Å². The van der Waals surface area contributed by atoms with E-state index in [-0.39, 0.29) is 10.7 Å². The Labute approximate surface area is 112 Å². The highest BCUT2D eigenvalue weighted by atomic mass is 32.2. The second-order valence-corrected chi connectivity index (χ2v) is 5.91. The first-order valence-corrected chi connectivity index (χ1v) is 7.34. The van der Waals surface area contributed by atoms with E-state index in [0.717, 1.165) is 5.69 Å². The number of benzene rings is 1. The van der Waals surface area contributed by atoms with Crippen molar-refractivity contribution >= 4 is 21.5 Å². The third kappa shape index (κ3) is 2.87. The van der Waals surface area contributed by atoms with E-state index in [4.69, 9.17) is 5.73 Å². The Morgan fingerprint density at radius 3 is 2.68 bits per heavy atom. The van der Waals surface area contributed by atoms with Crippen molar-refractivity contribution in [1.82, 2.24) is 10.2 Å². The van der Waals surface area contributed by atoms with Crippen LogP contribution in [0.3, 0.4) is 0 Å². The van der Waals surface area contributed by atoms with Crippen LogP contribution in [0.1, 0.15) is 18.2 Å². The van der Waals surface area contributed by atoms with E-state index in [2.05, 4.69) is 14.9 Å². The van der Waals surface area contributed by atoms with Crippen molar-refractivity contribution in [3.63, 3.8) is 0 Å². The van der Waals surface area contributed by atoms with Crippen LogP contribution < -0.4 is 10.5 Å². The zero-order valence-electron chi connectivity index (χ0n) is 10.8. The molecule has 0 aliphatic rings. The van der Waals surface area contributed by atoms with Crippen LogP contribution in [0.15, 0.2) is 29.2 Å². The lowest BCUT2D eigenvalue weighted by Crippen LogP contribution is -2.15. The van der Waals surface area contributed by atoms with Gasteiger partial charge in [0.25, 0.3) is 10.0 Å². The number of nitrogens with one attached hydrogen (secondary N) is 2. The van der Waals surface area contributed by atoms with E-state index in [1.807, 2.05) is 6.92 Å². The monoisotopic (exact) mass is 280 g/mol. The van der Waals surface area contributed by atoms with Crippen molar-refractivity contribution in [1.29, 1.82) is 0 Å². The molecule has 0 aliphatic carbocycles. The Morgan fingerprint density at radius 1 is 1.37 bits per heavy atom. The number of hydrogen-bond acceptors (Lipinski definition) is 4. The third-order valence-electron chi connectivity index (χ3n) is 2.71. The normalized spacial score (nSPS) is 11.5. The van der Waals surface area contributed by atoms with Gasteiger partial charge in [-0.15, -0.1) is 0 Å². The fourth-order valence-electron chi connectivity index (χ4n) is 1.78. The van der Waals surface area contributed by atoms with Crippen LogP contribution in [0, 0.1) is 6.92 Å². The van der Waals surface area contributed by atoms with Crippen LogP contribution in [0.25, 0.3) is 0 Å². The molecule has 0 aliphatic heterocycles. The van der Waals surface area contributed by atoms with Crippen LogP contribution in [0.5, 0.6) is 0 Å². The summed E-state index contributed by atoms with van der Waals surface area (Å²) in [6.45, 7) is 3.69. The summed E-state index contributed by atoms with van der Waals surface area (Å²) in [6.07, 6.45) is 0.607. The Bertz CT molecular complexity index is 692. The van der Waals surface area contributed by atoms with Gasteiger partial charge in [0.1, 0.15) is 0 Å². The predicted octanol–water partition coefficient (Wildman–Crippen LogP) is 1.66. The average Bonchev–Trinajstić information content (AvgIpc) is 2.74. The minimum absolute atomic E-state index is 0.190. The van der Waals surface area contributed by atoms with E-state index < -0.39 is 10.0 Å². The fourth-order valence-corrected chi connectivity index (χ4v) is 3.11. The van der Waals surface area contributed by atoms with Gasteiger partial charge in [0.05, 0.1) is 4.90 Å². The highest BCUT2D eigenvalue weighted by Crippen LogP contribution is 2.22. The molecule has 4 N–H and O–H groups in total. The largest absolute Gasteiger partial charge is 0.399 e. The first-order valence-electron chi connectivity index (χ1n) is 5.85. The Morgan fingerprint density at radius 2 is 2.11 bits per heavy atom. The van der Waals surface area contributed by atoms with Gasteiger partial charge in [-0.2, -0.15) is 5.10 Å². The molecule has 102 valence electrons. The van der Waals surface area contributed by atoms with Gasteiger partial charge in [-0.3, -0.25) is 9.82 Å². The number of aromatic nitrogens is 2. The Hall–Kier alpha value is -2.02. The van der Waals surface area contributed by atoms with Crippen molar-refractivity contribution in [2.24, 2.45) is 0 Å². The smallest absolute Gasteiger partial charge is 0.263 e. The average molecular weight is 280 g/mol. The maximum atomic E-state index is 12.3. The lowest BCUT2D eigenvalue weighted by Gasteiger charge is -2.10. The first-order chi connectivity index (χ1) is 8.92. The SMILES string of the molecule is CCc1ccc(N)cc1S(=O)(=O)Nc1cc(C)[nH]n1. The molecule has 0 atom stereocenters. The minimum atomic E-state index is -3.68. The summed E-state index contributed by atoms with van der Waals surface area (Å²) in [5.74, 6) is 0.266. The molecule has 1 aromatic heterocycles. The number of sulfonamides is 1. The fraction of sp³-hybridized carbons (Fsp3) is 0.250. The van der Waals surface area contributed by atoms with Gasteiger partial charge >= 0.3 is 0 Å². The van der Waals surface area contributed by atoms with Crippen LogP contribution in [0.2, 0.25) is 0 Å². The molecule has 0 saturated carbocycles. The van der Waals surface area contributed by atoms with Gasteiger partial charge in [0, 0.05) is 17.4 Å². The maximum Gasteiger partial charge on any atom is 0.263 e. The third-order valence-corrected chi connectivity index (χ3v) is 4.14. The molecule has 1 aromatic carbocycles. The van der Waals surface area contributed by atoms with Crippen molar-refractivity contribution in [2.75, 3.05) is 10.5 Å². The Kier molecular flexibility index (Phi) is 3.48. The number of nitrogens with two attached hydrogens (primary N) is 1. The van der Waals surface area contributed by atoms with Crippen LogP contribution in [-0.2, 0) is 16.4 Å². The number of anilines is 2. The highest BCUT2D eigenvalue weighted by molar-refractivity contribution is 7.92. The molecule has 0 fully saturated rings. The lowest BCUT2D eigenvalue weighted by molar-refractivity contribution is 0.600. The molecule has 2 aromatic rings. The maximum absolute atomic E-state index is 12.3. The Balaban J connectivity index is 2.41. The quantitative estimate of drug-likeness (QED) is 0.741. The molecular formula is C12H16N4O2S. The molecule has 6 nitrogen and oxygen atoms in total. The van der Waals surface area contributed by atoms with Crippen molar-refractivity contribution in [3.05, 3.63) is 35.5 Å². The van der Waals surface area contributed by atoms with Crippen LogP contribution in [-0.4, -0.2) is 18.6 Å². The zero-order valence-corrected chi connectivity index (χ0v) is 11.6. The molecule has 1 heterocycles. The summed E-state index contributed by atoms with van der Waals surface area (Å²) in [5.41, 5.74) is 7.57. The standard InChI is InChI=1S/C12H16N4O2S/c1-3-9-4-5-10(13)7-11(9)19(17,18)16-12-6-8(2)14-15-12/h4-7H,3,13H2,1-2H3,(H2,14,15,16). The van der Waals surface area contributed by atoms with Crippen LogP contribution >= 0.6 is 0 Å². The molecule has 0 amide bonds. The van der Waals surface area contributed by atoms with Gasteiger partial charge in [0.2, 0.25) is 0 Å². The second kappa shape index (κ2) is 4.93. The number of aryl methyl sites for hydroxylation is 2. The van der Waals surface area contributed by atoms with E-state index in [1.165, 1.54) is 6.07 Å². The van der Waals surface area contributed by atoms with Crippen molar-refractivity contribution < 1.29 is 8.42 Å². The molecular weight excluding hydrogens is 264 g/mol. The summed E-state index contributed by atoms with van der Waals surface area (Å²) in [6, 6.07) is 6.49. The molecule has 19 heavy (non-hydrogen) atoms. The first kappa shape index (κ1) is 13.4. The zero-order chi connectivity index (χ0) is 14.0. The summed E-state index contributed by atoms with van der Waals surface area (Å²) >= 11 is 0. The summed E-state index contributed by atoms with van der Waals surface area (Å²) in [7, 11) is -3.68. The van der Waals surface area contributed by atoms with Crippen molar-refractivity contribution in [2.45, 2.75) is 25.2 Å². The number of hydrogen-bond donors (Lipinski definition) is 3. The van der Waals surface area contributed by atoms with E-state index in [9.17, 15) is 8.42 Å². The second-order valence-electron chi connectivity index (χ2n) is 4.26. The molecule has 2 rings (SSSR count). The predicted molar refractivity (Wildman–Crippen MR) is 74.4 cm³/mol. The van der Waals surface area contributed by atoms with Gasteiger partial charge in [-0.05, 0) is 31.0 Å². The molecule has 0 unspecified atom stereocenters. The number of nitrogen functional groups attached to an aromatic ring is 1. The molecule has 0 spiro atoms. The minimum Gasteiger partial charge on any atom is -0.399 e. The number of rotatable bonds is 4. The summed E-state index contributed by atoms with van der Waals surface area (Å²) in [4.78, 5) is 0.190. The van der Waals surface area contributed by atoms with Gasteiger partial charge < -0.3 is 5.73 Å². The molecule has 7 heteroatoms. The summed E-state index contributed by atoms with van der Waals surface area (Å²) in [5, 5.41) is 6.54. The van der Waals surface area contributed by atoms with Crippen LogP contribution in [0.4, 0.5) is 11.5 Å². The summed E-state index contributed by atoms with van der Waals surface area (Å²) < 4.78 is 27.1.